The molecule has 3 aromatic rings. The number of fused-ring (bicyclic) bond motifs is 1. The third kappa shape index (κ3) is 5.92. The van der Waals surface area contributed by atoms with Gasteiger partial charge in [0, 0.05) is 18.4 Å². The molecule has 1 unspecified atom stereocenters. The van der Waals surface area contributed by atoms with Gasteiger partial charge >= 0.3 is 5.97 Å². The van der Waals surface area contributed by atoms with Gasteiger partial charge in [0.1, 0.15) is 12.4 Å². The number of ether oxygens (including phenoxy) is 3. The Hall–Kier alpha value is -3.19. The van der Waals surface area contributed by atoms with Crippen molar-refractivity contribution >= 4 is 16.7 Å². The molecular weight excluding hydrogens is 396 g/mol. The first-order valence-corrected chi connectivity index (χ1v) is 10.5. The summed E-state index contributed by atoms with van der Waals surface area (Å²) in [6.07, 6.45) is 1.52. The molecule has 1 aromatic heterocycles. The number of carbonyl (C=O) groups is 1. The van der Waals surface area contributed by atoms with Crippen molar-refractivity contribution in [3.63, 3.8) is 0 Å². The second-order valence-corrected chi connectivity index (χ2v) is 7.16. The Balaban J connectivity index is 1.57. The molecule has 0 amide bonds. The summed E-state index contributed by atoms with van der Waals surface area (Å²) in [5.41, 5.74) is 1.91. The van der Waals surface area contributed by atoms with E-state index >= 15 is 0 Å². The van der Waals surface area contributed by atoms with E-state index in [4.69, 9.17) is 14.2 Å². The highest BCUT2D eigenvalue weighted by Gasteiger charge is 2.20. The monoisotopic (exact) mass is 424 g/mol. The first-order valence-electron chi connectivity index (χ1n) is 10.5. The molecule has 0 saturated carbocycles. The van der Waals surface area contributed by atoms with Crippen LogP contribution >= 0.6 is 0 Å². The summed E-state index contributed by atoms with van der Waals surface area (Å²) >= 11 is 0. The molecule has 0 radical (unpaired) electrons. The van der Waals surface area contributed by atoms with Gasteiger partial charge in [0.25, 0.3) is 5.56 Å². The smallest absolute Gasteiger partial charge is 0.335 e. The predicted molar refractivity (Wildman–Crippen MR) is 118 cm³/mol. The molecular formula is C24H28N2O5. The Morgan fingerprint density at radius 1 is 1.10 bits per heavy atom. The van der Waals surface area contributed by atoms with Gasteiger partial charge in [-0.05, 0) is 50.6 Å². The highest BCUT2D eigenvalue weighted by molar-refractivity contribution is 5.81. The third-order valence-corrected chi connectivity index (χ3v) is 4.84. The molecule has 0 spiro atoms. The zero-order valence-corrected chi connectivity index (χ0v) is 18.2. The molecule has 0 N–H and O–H groups in total. The lowest BCUT2D eigenvalue weighted by Crippen LogP contribution is -2.29. The maximum atomic E-state index is 12.6. The lowest BCUT2D eigenvalue weighted by Gasteiger charge is -2.16. The Kier molecular flexibility index (Phi) is 7.78. The van der Waals surface area contributed by atoms with Crippen LogP contribution in [0.25, 0.3) is 10.8 Å². The molecule has 164 valence electrons. The Morgan fingerprint density at radius 3 is 2.58 bits per heavy atom. The van der Waals surface area contributed by atoms with Gasteiger partial charge in [-0.15, -0.1) is 0 Å². The molecule has 0 saturated heterocycles. The van der Waals surface area contributed by atoms with E-state index in [0.717, 1.165) is 16.5 Å². The summed E-state index contributed by atoms with van der Waals surface area (Å²) in [5.74, 6) is 0.325. The molecule has 7 heteroatoms. The van der Waals surface area contributed by atoms with Crippen molar-refractivity contribution in [2.45, 2.75) is 39.8 Å². The van der Waals surface area contributed by atoms with Gasteiger partial charge in [0.05, 0.1) is 24.7 Å². The van der Waals surface area contributed by atoms with E-state index in [-0.39, 0.29) is 11.5 Å². The molecule has 0 aliphatic heterocycles. The number of aryl methyl sites for hydroxylation is 1. The fraction of sp³-hybridized carbons (Fsp3) is 0.375. The van der Waals surface area contributed by atoms with Gasteiger partial charge in [0.15, 0.2) is 6.10 Å². The van der Waals surface area contributed by atoms with E-state index in [1.807, 2.05) is 56.3 Å². The van der Waals surface area contributed by atoms with Crippen LogP contribution in [0.2, 0.25) is 0 Å². The minimum Gasteiger partial charge on any atom is -0.492 e. The van der Waals surface area contributed by atoms with Gasteiger partial charge in [-0.25, -0.2) is 9.48 Å². The summed E-state index contributed by atoms with van der Waals surface area (Å²) in [5, 5.41) is 5.73. The van der Waals surface area contributed by atoms with E-state index in [2.05, 4.69) is 5.10 Å². The molecule has 1 atom stereocenters. The van der Waals surface area contributed by atoms with Crippen LogP contribution in [-0.2, 0) is 27.2 Å². The number of esters is 1. The molecule has 0 aliphatic carbocycles. The number of nitrogens with zero attached hydrogens (tertiary/aromatic N) is 2. The van der Waals surface area contributed by atoms with E-state index in [1.165, 1.54) is 4.68 Å². The Bertz CT molecular complexity index is 1080. The van der Waals surface area contributed by atoms with Gasteiger partial charge in [-0.2, -0.15) is 5.10 Å². The second kappa shape index (κ2) is 10.7. The van der Waals surface area contributed by atoms with Crippen molar-refractivity contribution < 1.29 is 19.0 Å². The average Bonchev–Trinajstić information content (AvgIpc) is 2.76. The van der Waals surface area contributed by atoms with Gasteiger partial charge in [-0.1, -0.05) is 23.8 Å². The van der Waals surface area contributed by atoms with Crippen LogP contribution in [0.3, 0.4) is 0 Å². The van der Waals surface area contributed by atoms with Crippen LogP contribution in [0, 0.1) is 6.92 Å². The molecule has 3 rings (SSSR count). The standard InChI is InChI=1S/C24H28N2O5/c1-4-29-22(24(28)30-5-2)15-18-7-9-20(10-8-18)31-13-12-26-23(27)21-11-6-17(3)14-19(21)16-25-26/h6-11,14,16,22H,4-5,12-13,15H2,1-3H3. The average molecular weight is 424 g/mol. The highest BCUT2D eigenvalue weighted by atomic mass is 16.6. The topological polar surface area (TPSA) is 79.7 Å². The predicted octanol–water partition coefficient (Wildman–Crippen LogP) is 3.29. The van der Waals surface area contributed by atoms with E-state index in [1.54, 1.807) is 13.1 Å². The van der Waals surface area contributed by atoms with Crippen molar-refractivity contribution in [3.8, 4) is 5.75 Å². The lowest BCUT2D eigenvalue weighted by molar-refractivity contribution is -0.156. The quantitative estimate of drug-likeness (QED) is 0.465. The zero-order chi connectivity index (χ0) is 22.2. The summed E-state index contributed by atoms with van der Waals surface area (Å²) in [4.78, 5) is 24.6. The van der Waals surface area contributed by atoms with Gasteiger partial charge in [0.2, 0.25) is 0 Å². The number of rotatable bonds is 10. The van der Waals surface area contributed by atoms with Crippen LogP contribution in [0.1, 0.15) is 25.0 Å². The normalized spacial score (nSPS) is 12.0. The fourth-order valence-electron chi connectivity index (χ4n) is 3.30. The van der Waals surface area contributed by atoms with Crippen molar-refractivity contribution in [1.29, 1.82) is 0 Å². The highest BCUT2D eigenvalue weighted by Crippen LogP contribution is 2.15. The van der Waals surface area contributed by atoms with Crippen molar-refractivity contribution in [1.82, 2.24) is 9.78 Å². The Morgan fingerprint density at radius 2 is 1.87 bits per heavy atom. The third-order valence-electron chi connectivity index (χ3n) is 4.84. The van der Waals surface area contributed by atoms with Crippen LogP contribution in [0.5, 0.6) is 5.75 Å². The number of carbonyl (C=O) groups excluding carboxylic acids is 1. The fourth-order valence-corrected chi connectivity index (χ4v) is 3.30. The molecule has 31 heavy (non-hydrogen) atoms. The first-order chi connectivity index (χ1) is 15.0. The van der Waals surface area contributed by atoms with Crippen LogP contribution in [0.15, 0.2) is 53.5 Å². The molecule has 0 bridgehead atoms. The van der Waals surface area contributed by atoms with Crippen LogP contribution in [0.4, 0.5) is 0 Å². The first kappa shape index (κ1) is 22.5. The lowest BCUT2D eigenvalue weighted by atomic mass is 10.1. The van der Waals surface area contributed by atoms with Crippen LogP contribution < -0.4 is 10.3 Å². The number of hydrogen-bond donors (Lipinski definition) is 0. The van der Waals surface area contributed by atoms with Crippen molar-refractivity contribution in [2.75, 3.05) is 19.8 Å². The van der Waals surface area contributed by atoms with E-state index in [0.29, 0.717) is 43.9 Å². The minimum absolute atomic E-state index is 0.127. The van der Waals surface area contributed by atoms with E-state index < -0.39 is 6.10 Å². The Labute approximate surface area is 181 Å². The van der Waals surface area contributed by atoms with Crippen LogP contribution in [-0.4, -0.2) is 41.7 Å². The molecule has 0 fully saturated rings. The van der Waals surface area contributed by atoms with Gasteiger partial charge in [-0.3, -0.25) is 4.79 Å². The number of aromatic nitrogens is 2. The van der Waals surface area contributed by atoms with E-state index in [9.17, 15) is 9.59 Å². The molecule has 7 nitrogen and oxygen atoms in total. The second-order valence-electron chi connectivity index (χ2n) is 7.16. The summed E-state index contributed by atoms with van der Waals surface area (Å²) in [6.45, 7) is 7.03. The number of benzene rings is 2. The molecule has 1 heterocycles. The maximum Gasteiger partial charge on any atom is 0.335 e. The van der Waals surface area contributed by atoms with Gasteiger partial charge < -0.3 is 14.2 Å². The zero-order valence-electron chi connectivity index (χ0n) is 18.2. The minimum atomic E-state index is -0.619. The summed E-state index contributed by atoms with van der Waals surface area (Å²) in [7, 11) is 0. The largest absolute Gasteiger partial charge is 0.492 e. The molecule has 2 aromatic carbocycles. The number of hydrogen-bond acceptors (Lipinski definition) is 6. The molecule has 0 aliphatic rings. The van der Waals surface area contributed by atoms with Crippen molar-refractivity contribution in [3.05, 3.63) is 70.1 Å². The summed E-state index contributed by atoms with van der Waals surface area (Å²) < 4.78 is 17.8. The van der Waals surface area contributed by atoms with Crippen molar-refractivity contribution in [2.24, 2.45) is 0 Å². The summed E-state index contributed by atoms with van der Waals surface area (Å²) in [6, 6.07) is 13.2. The SMILES string of the molecule is CCOC(=O)C(Cc1ccc(OCCn2ncc3cc(C)ccc3c2=O)cc1)OCC. The maximum absolute atomic E-state index is 12.6.